The molecule has 20 heavy (non-hydrogen) atoms. The maximum atomic E-state index is 12.1. The number of hydrogen-bond donors (Lipinski definition) is 2. The van der Waals surface area contributed by atoms with Gasteiger partial charge in [0, 0.05) is 5.92 Å². The SMILES string of the molecule is CC(C)OC1CCC(C(=O)Nc2ccc(O)cn2)CC1. The Morgan fingerprint density at radius 3 is 2.60 bits per heavy atom. The lowest BCUT2D eigenvalue weighted by Crippen LogP contribution is -2.31. The molecular weight excluding hydrogens is 256 g/mol. The number of ether oxygens (including phenoxy) is 1. The van der Waals surface area contributed by atoms with E-state index in [1.807, 2.05) is 13.8 Å². The van der Waals surface area contributed by atoms with Crippen LogP contribution >= 0.6 is 0 Å². The summed E-state index contributed by atoms with van der Waals surface area (Å²) in [7, 11) is 0. The molecule has 2 N–H and O–H groups in total. The maximum Gasteiger partial charge on any atom is 0.228 e. The number of carbonyl (C=O) groups excluding carboxylic acids is 1. The van der Waals surface area contributed by atoms with Crippen LogP contribution < -0.4 is 5.32 Å². The molecule has 0 unspecified atom stereocenters. The van der Waals surface area contributed by atoms with Crippen LogP contribution in [0.5, 0.6) is 5.75 Å². The molecule has 0 saturated heterocycles. The van der Waals surface area contributed by atoms with Crippen molar-refractivity contribution in [1.29, 1.82) is 0 Å². The Kier molecular flexibility index (Phi) is 4.95. The van der Waals surface area contributed by atoms with Crippen molar-refractivity contribution in [3.63, 3.8) is 0 Å². The molecule has 1 amide bonds. The van der Waals surface area contributed by atoms with Crippen molar-refractivity contribution in [2.45, 2.75) is 51.7 Å². The van der Waals surface area contributed by atoms with E-state index in [9.17, 15) is 4.79 Å². The van der Waals surface area contributed by atoms with Crippen molar-refractivity contribution in [3.8, 4) is 5.75 Å². The van der Waals surface area contributed by atoms with E-state index in [0.29, 0.717) is 5.82 Å². The van der Waals surface area contributed by atoms with E-state index >= 15 is 0 Å². The van der Waals surface area contributed by atoms with Gasteiger partial charge >= 0.3 is 0 Å². The van der Waals surface area contributed by atoms with Crippen LogP contribution in [0.1, 0.15) is 39.5 Å². The topological polar surface area (TPSA) is 71.5 Å². The van der Waals surface area contributed by atoms with Gasteiger partial charge in [0.1, 0.15) is 11.6 Å². The average molecular weight is 278 g/mol. The van der Waals surface area contributed by atoms with E-state index in [-0.39, 0.29) is 29.8 Å². The smallest absolute Gasteiger partial charge is 0.228 e. The molecule has 1 aliphatic rings. The largest absolute Gasteiger partial charge is 0.506 e. The molecule has 0 aliphatic heterocycles. The van der Waals surface area contributed by atoms with Crippen LogP contribution in [0.4, 0.5) is 5.82 Å². The fraction of sp³-hybridized carbons (Fsp3) is 0.600. The molecule has 1 heterocycles. The van der Waals surface area contributed by atoms with Gasteiger partial charge in [0.05, 0.1) is 18.4 Å². The fourth-order valence-corrected chi connectivity index (χ4v) is 2.53. The van der Waals surface area contributed by atoms with Crippen molar-refractivity contribution in [3.05, 3.63) is 18.3 Å². The summed E-state index contributed by atoms with van der Waals surface area (Å²) in [6.07, 6.45) is 5.40. The zero-order valence-corrected chi connectivity index (χ0v) is 12.0. The number of pyridine rings is 1. The number of carbonyl (C=O) groups is 1. The van der Waals surface area contributed by atoms with Crippen LogP contribution in [0.2, 0.25) is 0 Å². The molecule has 1 aromatic heterocycles. The number of aromatic nitrogens is 1. The Morgan fingerprint density at radius 2 is 2.05 bits per heavy atom. The predicted octanol–water partition coefficient (Wildman–Crippen LogP) is 2.71. The van der Waals surface area contributed by atoms with E-state index in [4.69, 9.17) is 9.84 Å². The molecular formula is C15H22N2O3. The summed E-state index contributed by atoms with van der Waals surface area (Å²) < 4.78 is 5.78. The molecule has 0 radical (unpaired) electrons. The zero-order chi connectivity index (χ0) is 14.5. The number of nitrogens with one attached hydrogen (secondary N) is 1. The van der Waals surface area contributed by atoms with Gasteiger partial charge in [-0.3, -0.25) is 4.79 Å². The van der Waals surface area contributed by atoms with E-state index in [0.717, 1.165) is 25.7 Å². The van der Waals surface area contributed by atoms with E-state index in [1.165, 1.54) is 12.3 Å². The fourth-order valence-electron chi connectivity index (χ4n) is 2.53. The second-order valence-corrected chi connectivity index (χ2v) is 5.55. The van der Waals surface area contributed by atoms with Gasteiger partial charge in [0.2, 0.25) is 5.91 Å². The van der Waals surface area contributed by atoms with E-state index < -0.39 is 0 Å². The van der Waals surface area contributed by atoms with E-state index in [1.54, 1.807) is 6.07 Å². The Labute approximate surface area is 119 Å². The molecule has 1 saturated carbocycles. The van der Waals surface area contributed by atoms with Crippen LogP contribution in [0.3, 0.4) is 0 Å². The van der Waals surface area contributed by atoms with Gasteiger partial charge in [-0.15, -0.1) is 0 Å². The van der Waals surface area contributed by atoms with Gasteiger partial charge in [-0.05, 0) is 51.7 Å². The summed E-state index contributed by atoms with van der Waals surface area (Å²) in [6, 6.07) is 3.11. The quantitative estimate of drug-likeness (QED) is 0.888. The molecule has 1 aliphatic carbocycles. The van der Waals surface area contributed by atoms with E-state index in [2.05, 4.69) is 10.3 Å². The first-order chi connectivity index (χ1) is 9.54. The molecule has 0 bridgehead atoms. The monoisotopic (exact) mass is 278 g/mol. The number of aromatic hydroxyl groups is 1. The van der Waals surface area contributed by atoms with Crippen molar-refractivity contribution < 1.29 is 14.6 Å². The third-order valence-electron chi connectivity index (χ3n) is 3.51. The summed E-state index contributed by atoms with van der Waals surface area (Å²) in [4.78, 5) is 16.1. The molecule has 2 rings (SSSR count). The number of nitrogens with zero attached hydrogens (tertiary/aromatic N) is 1. The number of anilines is 1. The van der Waals surface area contributed by atoms with Crippen LogP contribution in [0.15, 0.2) is 18.3 Å². The second kappa shape index (κ2) is 6.70. The minimum atomic E-state index is 0.00573. The van der Waals surface area contributed by atoms with Crippen molar-refractivity contribution >= 4 is 11.7 Å². The van der Waals surface area contributed by atoms with Gasteiger partial charge < -0.3 is 15.2 Å². The molecule has 0 atom stereocenters. The lowest BCUT2D eigenvalue weighted by Gasteiger charge is -2.29. The first-order valence-corrected chi connectivity index (χ1v) is 7.16. The Hall–Kier alpha value is -1.62. The predicted molar refractivity (Wildman–Crippen MR) is 76.5 cm³/mol. The highest BCUT2D eigenvalue weighted by Gasteiger charge is 2.27. The number of amides is 1. The van der Waals surface area contributed by atoms with Crippen molar-refractivity contribution in [2.75, 3.05) is 5.32 Å². The highest BCUT2D eigenvalue weighted by Crippen LogP contribution is 2.28. The first-order valence-electron chi connectivity index (χ1n) is 7.16. The summed E-state index contributed by atoms with van der Waals surface area (Å²) in [5.74, 6) is 0.603. The van der Waals surface area contributed by atoms with Gasteiger partial charge in [-0.25, -0.2) is 4.98 Å². The third-order valence-corrected chi connectivity index (χ3v) is 3.51. The lowest BCUT2D eigenvalue weighted by molar-refractivity contribution is -0.122. The minimum Gasteiger partial charge on any atom is -0.506 e. The van der Waals surface area contributed by atoms with Crippen LogP contribution in [0.25, 0.3) is 0 Å². The standard InChI is InChI=1S/C15H22N2O3/c1-10(2)20-13-6-3-11(4-7-13)15(19)17-14-8-5-12(18)9-16-14/h5,8-11,13,18H,3-4,6-7H2,1-2H3,(H,16,17,19). The van der Waals surface area contributed by atoms with Crippen LogP contribution in [0, 0.1) is 5.92 Å². The highest BCUT2D eigenvalue weighted by atomic mass is 16.5. The third kappa shape index (κ3) is 4.20. The number of hydrogen-bond acceptors (Lipinski definition) is 4. The molecule has 1 aromatic rings. The van der Waals surface area contributed by atoms with Crippen molar-refractivity contribution in [2.24, 2.45) is 5.92 Å². The maximum absolute atomic E-state index is 12.1. The summed E-state index contributed by atoms with van der Waals surface area (Å²) in [6.45, 7) is 4.07. The van der Waals surface area contributed by atoms with Gasteiger partial charge in [0.15, 0.2) is 0 Å². The lowest BCUT2D eigenvalue weighted by atomic mass is 9.86. The molecule has 5 heteroatoms. The van der Waals surface area contributed by atoms with Gasteiger partial charge in [-0.2, -0.15) is 0 Å². The Morgan fingerprint density at radius 1 is 1.35 bits per heavy atom. The second-order valence-electron chi connectivity index (χ2n) is 5.55. The average Bonchev–Trinajstić information content (AvgIpc) is 2.41. The molecule has 1 fully saturated rings. The molecule has 5 nitrogen and oxygen atoms in total. The van der Waals surface area contributed by atoms with Crippen molar-refractivity contribution in [1.82, 2.24) is 4.98 Å². The molecule has 0 spiro atoms. The van der Waals surface area contributed by atoms with Crippen LogP contribution in [-0.4, -0.2) is 28.2 Å². The Balaban J connectivity index is 1.81. The number of rotatable bonds is 4. The minimum absolute atomic E-state index is 0.00573. The first kappa shape index (κ1) is 14.8. The van der Waals surface area contributed by atoms with Crippen LogP contribution in [-0.2, 0) is 9.53 Å². The highest BCUT2D eigenvalue weighted by molar-refractivity contribution is 5.91. The molecule has 0 aromatic carbocycles. The summed E-state index contributed by atoms with van der Waals surface area (Å²) >= 11 is 0. The summed E-state index contributed by atoms with van der Waals surface area (Å²) in [5, 5.41) is 11.9. The Bertz CT molecular complexity index is 437. The van der Waals surface area contributed by atoms with Gasteiger partial charge in [0.25, 0.3) is 0 Å². The van der Waals surface area contributed by atoms with Gasteiger partial charge in [-0.1, -0.05) is 0 Å². The molecule has 110 valence electrons. The zero-order valence-electron chi connectivity index (χ0n) is 12.0. The normalized spacial score (nSPS) is 22.8. The summed E-state index contributed by atoms with van der Waals surface area (Å²) in [5.41, 5.74) is 0.